The molecule has 0 saturated heterocycles. The molecule has 2 N–H and O–H groups in total. The van der Waals surface area contributed by atoms with Gasteiger partial charge in [0.2, 0.25) is 0 Å². The zero-order valence-corrected chi connectivity index (χ0v) is 11.3. The molecule has 0 bridgehead atoms. The lowest BCUT2D eigenvalue weighted by Gasteiger charge is -2.20. The fourth-order valence-corrected chi connectivity index (χ4v) is 1.81. The van der Waals surface area contributed by atoms with E-state index in [0.29, 0.717) is 25.2 Å². The second kappa shape index (κ2) is 7.41. The summed E-state index contributed by atoms with van der Waals surface area (Å²) >= 11 is 0. The minimum Gasteiger partial charge on any atom is -0.481 e. The first-order valence-electron chi connectivity index (χ1n) is 6.44. The number of hydrogen-bond donors (Lipinski definition) is 2. The van der Waals surface area contributed by atoms with Crippen molar-refractivity contribution in [2.24, 2.45) is 0 Å². The summed E-state index contributed by atoms with van der Waals surface area (Å²) in [5.74, 6) is -0.843. The third-order valence-electron chi connectivity index (χ3n) is 2.92. The first kappa shape index (κ1) is 15.0. The van der Waals surface area contributed by atoms with E-state index in [0.717, 1.165) is 5.56 Å². The molecule has 0 saturated carbocycles. The Balaban J connectivity index is 2.77. The number of carboxylic acids is 1. The molecule has 5 nitrogen and oxygen atoms in total. The average Bonchev–Trinajstić information content (AvgIpc) is 2.39. The first-order chi connectivity index (χ1) is 9.08. The number of benzene rings is 1. The van der Waals surface area contributed by atoms with Gasteiger partial charge in [-0.25, -0.2) is 4.79 Å². The summed E-state index contributed by atoms with van der Waals surface area (Å²) in [4.78, 5) is 24.2. The van der Waals surface area contributed by atoms with Crippen molar-refractivity contribution in [3.05, 3.63) is 29.8 Å². The molecule has 0 spiro atoms. The lowest BCUT2D eigenvalue weighted by molar-refractivity contribution is -0.136. The van der Waals surface area contributed by atoms with Crippen LogP contribution < -0.4 is 5.32 Å². The van der Waals surface area contributed by atoms with Crippen LogP contribution in [0.4, 0.5) is 10.5 Å². The van der Waals surface area contributed by atoms with E-state index in [4.69, 9.17) is 5.11 Å². The molecule has 5 heteroatoms. The van der Waals surface area contributed by atoms with Gasteiger partial charge in [-0.05, 0) is 31.9 Å². The maximum Gasteiger partial charge on any atom is 0.321 e. The van der Waals surface area contributed by atoms with Gasteiger partial charge in [0.05, 0.1) is 0 Å². The van der Waals surface area contributed by atoms with E-state index in [2.05, 4.69) is 5.32 Å². The van der Waals surface area contributed by atoms with E-state index < -0.39 is 5.97 Å². The Morgan fingerprint density at radius 1 is 1.21 bits per heavy atom. The van der Waals surface area contributed by atoms with Crippen LogP contribution in [0.5, 0.6) is 0 Å². The topological polar surface area (TPSA) is 69.6 Å². The molecule has 104 valence electrons. The summed E-state index contributed by atoms with van der Waals surface area (Å²) in [7, 11) is 0. The van der Waals surface area contributed by atoms with Crippen molar-refractivity contribution in [2.75, 3.05) is 18.4 Å². The molecular weight excluding hydrogens is 244 g/mol. The fraction of sp³-hybridized carbons (Fsp3) is 0.429. The van der Waals surface area contributed by atoms with Gasteiger partial charge >= 0.3 is 12.0 Å². The van der Waals surface area contributed by atoms with E-state index >= 15 is 0 Å². The Morgan fingerprint density at radius 3 is 2.42 bits per heavy atom. The minimum atomic E-state index is -0.843. The minimum absolute atomic E-state index is 0.0537. The standard InChI is InChI=1S/C14H20N2O3/c1-3-16(4-2)14(19)15-12-8-6-5-7-11(12)9-10-13(17)18/h5-8H,3-4,9-10H2,1-2H3,(H,15,19)(H,17,18). The SMILES string of the molecule is CCN(CC)C(=O)Nc1ccccc1CCC(=O)O. The van der Waals surface area contributed by atoms with Gasteiger partial charge in [-0.1, -0.05) is 18.2 Å². The van der Waals surface area contributed by atoms with Crippen LogP contribution in [0.25, 0.3) is 0 Å². The lowest BCUT2D eigenvalue weighted by Crippen LogP contribution is -2.34. The van der Waals surface area contributed by atoms with Crippen LogP contribution in [0.2, 0.25) is 0 Å². The van der Waals surface area contributed by atoms with Crippen molar-refractivity contribution in [1.29, 1.82) is 0 Å². The van der Waals surface area contributed by atoms with Crippen molar-refractivity contribution >= 4 is 17.7 Å². The van der Waals surface area contributed by atoms with Crippen LogP contribution in [0.1, 0.15) is 25.8 Å². The van der Waals surface area contributed by atoms with E-state index in [9.17, 15) is 9.59 Å². The number of aryl methyl sites for hydroxylation is 1. The van der Waals surface area contributed by atoms with Crippen molar-refractivity contribution in [3.8, 4) is 0 Å². The van der Waals surface area contributed by atoms with Gasteiger partial charge in [-0.3, -0.25) is 4.79 Å². The van der Waals surface area contributed by atoms with Gasteiger partial charge in [0.1, 0.15) is 0 Å². The van der Waals surface area contributed by atoms with E-state index in [1.807, 2.05) is 32.0 Å². The number of carboxylic acid groups (broad SMARTS) is 1. The highest BCUT2D eigenvalue weighted by Crippen LogP contribution is 2.17. The second-order valence-corrected chi connectivity index (χ2v) is 4.15. The number of para-hydroxylation sites is 1. The van der Waals surface area contributed by atoms with Crippen LogP contribution >= 0.6 is 0 Å². The number of carbonyl (C=O) groups excluding carboxylic acids is 1. The quantitative estimate of drug-likeness (QED) is 0.829. The average molecular weight is 264 g/mol. The number of carbonyl (C=O) groups is 2. The van der Waals surface area contributed by atoms with Gasteiger partial charge < -0.3 is 15.3 Å². The zero-order chi connectivity index (χ0) is 14.3. The smallest absolute Gasteiger partial charge is 0.321 e. The van der Waals surface area contributed by atoms with Crippen LogP contribution in [0.3, 0.4) is 0 Å². The summed E-state index contributed by atoms with van der Waals surface area (Å²) in [6, 6.07) is 7.12. The van der Waals surface area contributed by atoms with Gasteiger partial charge in [-0.15, -0.1) is 0 Å². The van der Waals surface area contributed by atoms with E-state index in [1.165, 1.54) is 0 Å². The van der Waals surface area contributed by atoms with Gasteiger partial charge in [0.15, 0.2) is 0 Å². The maximum absolute atomic E-state index is 12.0. The zero-order valence-electron chi connectivity index (χ0n) is 11.3. The second-order valence-electron chi connectivity index (χ2n) is 4.15. The number of urea groups is 1. The molecule has 1 aromatic rings. The molecule has 1 aromatic carbocycles. The van der Waals surface area contributed by atoms with Crippen molar-refractivity contribution in [3.63, 3.8) is 0 Å². The largest absolute Gasteiger partial charge is 0.481 e. The van der Waals surface area contributed by atoms with Crippen molar-refractivity contribution < 1.29 is 14.7 Å². The highest BCUT2D eigenvalue weighted by Gasteiger charge is 2.11. The third kappa shape index (κ3) is 4.62. The summed E-state index contributed by atoms with van der Waals surface area (Å²) in [6.07, 6.45) is 0.461. The molecule has 0 fully saturated rings. The molecule has 0 aromatic heterocycles. The number of hydrogen-bond acceptors (Lipinski definition) is 2. The number of aliphatic carboxylic acids is 1. The van der Waals surface area contributed by atoms with Crippen molar-refractivity contribution in [2.45, 2.75) is 26.7 Å². The summed E-state index contributed by atoms with van der Waals surface area (Å²) in [6.45, 7) is 5.11. The third-order valence-corrected chi connectivity index (χ3v) is 2.92. The van der Waals surface area contributed by atoms with Gasteiger partial charge in [-0.2, -0.15) is 0 Å². The molecule has 0 aliphatic rings. The maximum atomic E-state index is 12.0. The molecule has 0 radical (unpaired) electrons. The molecule has 1 rings (SSSR count). The van der Waals surface area contributed by atoms with Crippen LogP contribution in [-0.2, 0) is 11.2 Å². The Bertz CT molecular complexity index is 442. The normalized spacial score (nSPS) is 10.0. The van der Waals surface area contributed by atoms with Crippen LogP contribution in [0, 0.1) is 0 Å². The lowest BCUT2D eigenvalue weighted by atomic mass is 10.1. The molecule has 0 atom stereocenters. The molecule has 0 aliphatic heterocycles. The Hall–Kier alpha value is -2.04. The fourth-order valence-electron chi connectivity index (χ4n) is 1.81. The van der Waals surface area contributed by atoms with Crippen molar-refractivity contribution in [1.82, 2.24) is 4.90 Å². The van der Waals surface area contributed by atoms with E-state index in [-0.39, 0.29) is 12.5 Å². The number of nitrogens with zero attached hydrogens (tertiary/aromatic N) is 1. The molecule has 2 amide bonds. The summed E-state index contributed by atoms with van der Waals surface area (Å²) in [5.41, 5.74) is 1.52. The highest BCUT2D eigenvalue weighted by molar-refractivity contribution is 5.90. The molecule has 0 aliphatic carbocycles. The number of nitrogens with one attached hydrogen (secondary N) is 1. The van der Waals surface area contributed by atoms with Crippen LogP contribution in [0.15, 0.2) is 24.3 Å². The monoisotopic (exact) mass is 264 g/mol. The molecule has 19 heavy (non-hydrogen) atoms. The Morgan fingerprint density at radius 2 is 1.84 bits per heavy atom. The van der Waals surface area contributed by atoms with Gasteiger partial charge in [0, 0.05) is 25.2 Å². The summed E-state index contributed by atoms with van der Waals surface area (Å²) in [5, 5.41) is 11.5. The molecule has 0 heterocycles. The highest BCUT2D eigenvalue weighted by atomic mass is 16.4. The Labute approximate surface area is 113 Å². The molecule has 0 unspecified atom stereocenters. The van der Waals surface area contributed by atoms with Crippen LogP contribution in [-0.4, -0.2) is 35.1 Å². The predicted octanol–water partition coefficient (Wildman–Crippen LogP) is 2.58. The van der Waals surface area contributed by atoms with Gasteiger partial charge in [0.25, 0.3) is 0 Å². The molecular formula is C14H20N2O3. The number of anilines is 1. The number of rotatable bonds is 6. The summed E-state index contributed by atoms with van der Waals surface area (Å²) < 4.78 is 0. The first-order valence-corrected chi connectivity index (χ1v) is 6.44. The van der Waals surface area contributed by atoms with E-state index in [1.54, 1.807) is 11.0 Å². The Kier molecular flexibility index (Phi) is 5.85. The number of amides is 2. The predicted molar refractivity (Wildman–Crippen MR) is 74.3 cm³/mol.